The SMILES string of the molecule is CN(Cc1ccc2ccccc2c1)C(=O)C1CCC(N)C1.Cl. The second-order valence-corrected chi connectivity index (χ2v) is 6.15. The summed E-state index contributed by atoms with van der Waals surface area (Å²) in [5.74, 6) is 0.349. The summed E-state index contributed by atoms with van der Waals surface area (Å²) in [6.45, 7) is 0.662. The van der Waals surface area contributed by atoms with E-state index in [0.29, 0.717) is 6.54 Å². The van der Waals surface area contributed by atoms with E-state index in [1.165, 1.54) is 16.3 Å². The molecule has 1 aliphatic carbocycles. The van der Waals surface area contributed by atoms with Gasteiger partial charge in [0.05, 0.1) is 0 Å². The molecule has 2 atom stereocenters. The summed E-state index contributed by atoms with van der Waals surface area (Å²) in [7, 11) is 1.89. The van der Waals surface area contributed by atoms with Gasteiger partial charge in [-0.1, -0.05) is 36.4 Å². The van der Waals surface area contributed by atoms with Crippen LogP contribution in [0.1, 0.15) is 24.8 Å². The molecule has 2 unspecified atom stereocenters. The Hall–Kier alpha value is -1.58. The molecular weight excluding hydrogens is 296 g/mol. The van der Waals surface area contributed by atoms with Gasteiger partial charge in [-0.05, 0) is 41.7 Å². The number of amides is 1. The van der Waals surface area contributed by atoms with Crippen LogP contribution < -0.4 is 5.73 Å². The van der Waals surface area contributed by atoms with E-state index in [9.17, 15) is 4.79 Å². The molecule has 22 heavy (non-hydrogen) atoms. The summed E-state index contributed by atoms with van der Waals surface area (Å²) < 4.78 is 0. The summed E-state index contributed by atoms with van der Waals surface area (Å²) >= 11 is 0. The fourth-order valence-corrected chi connectivity index (χ4v) is 3.24. The minimum atomic E-state index is 0. The number of rotatable bonds is 3. The summed E-state index contributed by atoms with van der Waals surface area (Å²) in [6, 6.07) is 14.9. The van der Waals surface area contributed by atoms with Gasteiger partial charge >= 0.3 is 0 Å². The minimum absolute atomic E-state index is 0. The van der Waals surface area contributed by atoms with Crippen LogP contribution in [-0.4, -0.2) is 23.9 Å². The zero-order chi connectivity index (χ0) is 14.8. The molecule has 0 aromatic heterocycles. The fourth-order valence-electron chi connectivity index (χ4n) is 3.24. The third kappa shape index (κ3) is 3.60. The van der Waals surface area contributed by atoms with Crippen LogP contribution in [0.3, 0.4) is 0 Å². The summed E-state index contributed by atoms with van der Waals surface area (Å²) in [6.07, 6.45) is 2.74. The molecule has 2 aromatic rings. The van der Waals surface area contributed by atoms with E-state index < -0.39 is 0 Å². The van der Waals surface area contributed by atoms with Crippen molar-refractivity contribution in [3.05, 3.63) is 48.0 Å². The number of fused-ring (bicyclic) bond motifs is 1. The molecule has 0 bridgehead atoms. The van der Waals surface area contributed by atoms with Crippen molar-refractivity contribution in [3.8, 4) is 0 Å². The molecule has 2 aromatic carbocycles. The molecule has 1 amide bonds. The molecule has 2 N–H and O–H groups in total. The summed E-state index contributed by atoms with van der Waals surface area (Å²) in [4.78, 5) is 14.3. The number of carbonyl (C=O) groups excluding carboxylic acids is 1. The van der Waals surface area contributed by atoms with Gasteiger partial charge in [-0.3, -0.25) is 4.79 Å². The quantitative estimate of drug-likeness (QED) is 0.943. The smallest absolute Gasteiger partial charge is 0.225 e. The van der Waals surface area contributed by atoms with Crippen molar-refractivity contribution in [1.29, 1.82) is 0 Å². The zero-order valence-electron chi connectivity index (χ0n) is 12.9. The van der Waals surface area contributed by atoms with E-state index in [2.05, 4.69) is 30.3 Å². The normalized spacial score (nSPS) is 20.6. The number of hydrogen-bond acceptors (Lipinski definition) is 2. The highest BCUT2D eigenvalue weighted by molar-refractivity contribution is 5.85. The van der Waals surface area contributed by atoms with Crippen LogP contribution in [-0.2, 0) is 11.3 Å². The Morgan fingerprint density at radius 1 is 1.18 bits per heavy atom. The predicted octanol–water partition coefficient (Wildman–Crippen LogP) is 3.35. The molecule has 0 heterocycles. The third-order valence-corrected chi connectivity index (χ3v) is 4.43. The largest absolute Gasteiger partial charge is 0.341 e. The van der Waals surface area contributed by atoms with E-state index in [-0.39, 0.29) is 30.3 Å². The van der Waals surface area contributed by atoms with Crippen molar-refractivity contribution in [2.45, 2.75) is 31.8 Å². The van der Waals surface area contributed by atoms with Crippen LogP contribution in [0.25, 0.3) is 10.8 Å². The fraction of sp³-hybridized carbons (Fsp3) is 0.389. The number of carbonyl (C=O) groups is 1. The Balaban J connectivity index is 0.00000176. The lowest BCUT2D eigenvalue weighted by atomic mass is 10.0. The molecule has 1 saturated carbocycles. The molecule has 3 rings (SSSR count). The van der Waals surface area contributed by atoms with Gasteiger partial charge in [-0.15, -0.1) is 12.4 Å². The van der Waals surface area contributed by atoms with Gasteiger partial charge in [0.1, 0.15) is 0 Å². The topological polar surface area (TPSA) is 46.3 Å². The number of hydrogen-bond donors (Lipinski definition) is 1. The second-order valence-electron chi connectivity index (χ2n) is 6.15. The highest BCUT2D eigenvalue weighted by Crippen LogP contribution is 2.26. The number of halogens is 1. The van der Waals surface area contributed by atoms with Gasteiger partial charge in [0.25, 0.3) is 0 Å². The molecule has 1 fully saturated rings. The standard InChI is InChI=1S/C18H22N2O.ClH/c1-20(18(21)16-8-9-17(19)11-16)12-13-6-7-14-4-2-3-5-15(14)10-13;/h2-7,10,16-17H,8-9,11-12,19H2,1H3;1H. The van der Waals surface area contributed by atoms with Crippen molar-refractivity contribution in [2.75, 3.05) is 7.05 Å². The van der Waals surface area contributed by atoms with Gasteiger partial charge in [-0.25, -0.2) is 0 Å². The lowest BCUT2D eigenvalue weighted by molar-refractivity contribution is -0.134. The van der Waals surface area contributed by atoms with Crippen molar-refractivity contribution >= 4 is 29.1 Å². The average Bonchev–Trinajstić information content (AvgIpc) is 2.93. The zero-order valence-corrected chi connectivity index (χ0v) is 13.7. The van der Waals surface area contributed by atoms with Gasteiger partial charge in [0.15, 0.2) is 0 Å². The number of nitrogens with two attached hydrogens (primary N) is 1. The first-order valence-electron chi connectivity index (χ1n) is 7.62. The van der Waals surface area contributed by atoms with Crippen molar-refractivity contribution in [2.24, 2.45) is 11.7 Å². The van der Waals surface area contributed by atoms with E-state index in [0.717, 1.165) is 19.3 Å². The molecule has 4 heteroatoms. The maximum Gasteiger partial charge on any atom is 0.225 e. The molecule has 0 spiro atoms. The third-order valence-electron chi connectivity index (χ3n) is 4.43. The van der Waals surface area contributed by atoms with Gasteiger partial charge in [0, 0.05) is 25.6 Å². The molecule has 118 valence electrons. The van der Waals surface area contributed by atoms with Crippen LogP contribution in [0.15, 0.2) is 42.5 Å². The number of benzene rings is 2. The molecular formula is C18H23ClN2O. The number of nitrogens with zero attached hydrogens (tertiary/aromatic N) is 1. The second kappa shape index (κ2) is 7.12. The van der Waals surface area contributed by atoms with Gasteiger partial charge in [0.2, 0.25) is 5.91 Å². The molecule has 0 saturated heterocycles. The van der Waals surface area contributed by atoms with Crippen LogP contribution in [0.4, 0.5) is 0 Å². The Bertz CT molecular complexity index is 658. The Labute approximate surface area is 137 Å². The lowest BCUT2D eigenvalue weighted by Crippen LogP contribution is -2.32. The van der Waals surface area contributed by atoms with Crippen LogP contribution in [0.2, 0.25) is 0 Å². The van der Waals surface area contributed by atoms with E-state index >= 15 is 0 Å². The van der Waals surface area contributed by atoms with Gasteiger partial charge < -0.3 is 10.6 Å². The molecule has 3 nitrogen and oxygen atoms in total. The highest BCUT2D eigenvalue weighted by atomic mass is 35.5. The maximum atomic E-state index is 12.4. The van der Waals surface area contributed by atoms with E-state index in [4.69, 9.17) is 5.73 Å². The average molecular weight is 319 g/mol. The highest BCUT2D eigenvalue weighted by Gasteiger charge is 2.29. The minimum Gasteiger partial charge on any atom is -0.341 e. The Morgan fingerprint density at radius 2 is 1.91 bits per heavy atom. The summed E-state index contributed by atoms with van der Waals surface area (Å²) in [5, 5.41) is 2.45. The van der Waals surface area contributed by atoms with Crippen LogP contribution >= 0.6 is 12.4 Å². The van der Waals surface area contributed by atoms with Crippen molar-refractivity contribution < 1.29 is 4.79 Å². The first-order chi connectivity index (χ1) is 10.1. The van der Waals surface area contributed by atoms with Crippen LogP contribution in [0.5, 0.6) is 0 Å². The Morgan fingerprint density at radius 3 is 2.59 bits per heavy atom. The predicted molar refractivity (Wildman–Crippen MR) is 93.0 cm³/mol. The van der Waals surface area contributed by atoms with E-state index in [1.807, 2.05) is 24.1 Å². The summed E-state index contributed by atoms with van der Waals surface area (Å²) in [5.41, 5.74) is 7.08. The Kier molecular flexibility index (Phi) is 5.43. The molecule has 1 aliphatic rings. The van der Waals surface area contributed by atoms with Crippen molar-refractivity contribution in [3.63, 3.8) is 0 Å². The monoisotopic (exact) mass is 318 g/mol. The molecule has 0 aliphatic heterocycles. The van der Waals surface area contributed by atoms with Gasteiger partial charge in [-0.2, -0.15) is 0 Å². The first kappa shape index (κ1) is 16.8. The molecule has 0 radical (unpaired) electrons. The maximum absolute atomic E-state index is 12.4. The lowest BCUT2D eigenvalue weighted by Gasteiger charge is -2.21. The van der Waals surface area contributed by atoms with E-state index in [1.54, 1.807) is 0 Å². The first-order valence-corrected chi connectivity index (χ1v) is 7.62. The van der Waals surface area contributed by atoms with Crippen molar-refractivity contribution in [1.82, 2.24) is 4.90 Å². The van der Waals surface area contributed by atoms with Crippen LogP contribution in [0, 0.1) is 5.92 Å².